The predicted octanol–water partition coefficient (Wildman–Crippen LogP) is 3.71. The smallest absolute Gasteiger partial charge is 0.870 e. The van der Waals surface area contributed by atoms with Crippen LogP contribution in [0.15, 0.2) is 75.8 Å². The fourth-order valence-electron chi connectivity index (χ4n) is 3.87. The molecule has 0 spiro atoms. The summed E-state index contributed by atoms with van der Waals surface area (Å²) >= 11 is 12.4. The average Bonchev–Trinajstić information content (AvgIpc) is 2.87. The number of amides is 1. The van der Waals surface area contributed by atoms with Gasteiger partial charge in [-0.1, -0.05) is 60.1 Å². The number of benzene rings is 4. The third kappa shape index (κ3) is 6.72. The molecule has 0 fully saturated rings. The van der Waals surface area contributed by atoms with Crippen molar-refractivity contribution in [1.29, 1.82) is 0 Å². The molecule has 0 aliphatic carbocycles. The van der Waals surface area contributed by atoms with E-state index in [1.165, 1.54) is 25.3 Å². The van der Waals surface area contributed by atoms with Crippen molar-refractivity contribution in [3.63, 3.8) is 0 Å². The zero-order chi connectivity index (χ0) is 27.6. The number of fused-ring (bicyclic) bond motifs is 1. The first-order valence-electron chi connectivity index (χ1n) is 11.1. The number of nitrogens with one attached hydrogen (secondary N) is 1. The van der Waals surface area contributed by atoms with E-state index in [0.717, 1.165) is 6.07 Å². The maximum atomic E-state index is 13.4. The fraction of sp³-hybridized carbons (Fsp3) is 0.115. The maximum absolute atomic E-state index is 13.4. The molecule has 0 saturated carbocycles. The Morgan fingerprint density at radius 3 is 2.46 bits per heavy atom. The van der Waals surface area contributed by atoms with Crippen LogP contribution in [0.5, 0.6) is 11.5 Å². The van der Waals surface area contributed by atoms with Gasteiger partial charge < -0.3 is 15.2 Å². The van der Waals surface area contributed by atoms with Gasteiger partial charge in [-0.3, -0.25) is 9.35 Å². The van der Waals surface area contributed by atoms with Crippen LogP contribution in [0.25, 0.3) is 10.8 Å². The molecular weight excluding hydrogens is 576 g/mol. The number of hydrogen-bond acceptors (Lipinski definition) is 7. The number of carbonyl (C=O) groups excluding carboxylic acids is 1. The molecule has 0 heterocycles. The Morgan fingerprint density at radius 1 is 1.08 bits per heavy atom. The standard InChI is InChI=1S/C26H21Cl2N3O6S.Na/c1-3-18-22(38(34,35)36)9-8-21(23(18)28)30-31-24-19-7-5-4-6-14(19)10-20(25(24)32)26(33)29-16-11-15(27)12-17(13-16)37-2;/h4-13,32H,3H2,1-2H3,(H,29,33)(H,34,35,36);/q;+1/p-1. The Bertz CT molecular complexity index is 1710. The summed E-state index contributed by atoms with van der Waals surface area (Å²) in [6.07, 6.45) is 0.191. The van der Waals surface area contributed by atoms with Crippen molar-refractivity contribution in [3.05, 3.63) is 81.8 Å². The molecule has 4 rings (SSSR count). The molecule has 1 amide bonds. The van der Waals surface area contributed by atoms with Gasteiger partial charge in [-0.05, 0) is 47.7 Å². The van der Waals surface area contributed by atoms with Crippen LogP contribution in [0.1, 0.15) is 22.8 Å². The monoisotopic (exact) mass is 595 g/mol. The van der Waals surface area contributed by atoms with E-state index in [4.69, 9.17) is 27.9 Å². The maximum Gasteiger partial charge on any atom is 1.00 e. The van der Waals surface area contributed by atoms with Gasteiger partial charge in [-0.25, -0.2) is 0 Å². The Hall–Kier alpha value is -2.70. The van der Waals surface area contributed by atoms with Crippen molar-refractivity contribution in [1.82, 2.24) is 0 Å². The van der Waals surface area contributed by atoms with Crippen LogP contribution < -0.4 is 44.7 Å². The van der Waals surface area contributed by atoms with E-state index >= 15 is 0 Å². The summed E-state index contributed by atoms with van der Waals surface area (Å²) in [5.74, 6) is -0.947. The number of hydrogen-bond donors (Lipinski definition) is 2. The zero-order valence-electron chi connectivity index (χ0n) is 21.0. The molecular formula is C26H20Cl2N3NaO6S. The van der Waals surface area contributed by atoms with E-state index in [-0.39, 0.29) is 68.4 Å². The summed E-state index contributed by atoms with van der Waals surface area (Å²) < 4.78 is 38.0. The third-order valence-corrected chi connectivity index (χ3v) is 7.23. The molecule has 0 saturated heterocycles. The van der Waals surface area contributed by atoms with Gasteiger partial charge in [0.05, 0.1) is 22.7 Å². The second-order valence-electron chi connectivity index (χ2n) is 8.06. The summed E-state index contributed by atoms with van der Waals surface area (Å²) in [4.78, 5) is 12.8. The number of ether oxygens (including phenoxy) is 1. The van der Waals surface area contributed by atoms with Gasteiger partial charge in [0.25, 0.3) is 16.0 Å². The minimum Gasteiger partial charge on any atom is -0.870 e. The van der Waals surface area contributed by atoms with E-state index in [2.05, 4.69) is 15.5 Å². The van der Waals surface area contributed by atoms with Crippen molar-refractivity contribution < 1.29 is 57.2 Å². The molecule has 0 radical (unpaired) electrons. The first kappa shape index (κ1) is 30.8. The largest absolute Gasteiger partial charge is 1.00 e. The normalized spacial score (nSPS) is 11.4. The van der Waals surface area contributed by atoms with E-state index in [1.807, 2.05) is 0 Å². The third-order valence-electron chi connectivity index (χ3n) is 5.65. The summed E-state index contributed by atoms with van der Waals surface area (Å²) in [6.45, 7) is 1.66. The Labute approximate surface area is 256 Å². The number of rotatable bonds is 7. The Balaban J connectivity index is 0.00000420. The first-order valence-corrected chi connectivity index (χ1v) is 13.3. The molecule has 0 aliphatic heterocycles. The summed E-state index contributed by atoms with van der Waals surface area (Å²) in [7, 11) is -3.05. The van der Waals surface area contributed by atoms with Crippen molar-refractivity contribution in [2.75, 3.05) is 12.4 Å². The van der Waals surface area contributed by atoms with Gasteiger partial charge in [-0.15, -0.1) is 5.11 Å². The second kappa shape index (κ2) is 12.6. The summed E-state index contributed by atoms with van der Waals surface area (Å²) in [5, 5.41) is 25.6. The van der Waals surface area contributed by atoms with Gasteiger partial charge in [0, 0.05) is 27.7 Å². The molecule has 0 unspecified atom stereocenters. The van der Waals surface area contributed by atoms with E-state index < -0.39 is 21.8 Å². The van der Waals surface area contributed by atoms with Crippen LogP contribution in [-0.4, -0.2) is 26.0 Å². The molecule has 4 aromatic carbocycles. The molecule has 0 aromatic heterocycles. The van der Waals surface area contributed by atoms with Gasteiger partial charge in [0.15, 0.2) is 0 Å². The minimum atomic E-state index is -4.50. The minimum absolute atomic E-state index is 0. The quantitative estimate of drug-likeness (QED) is 0.189. The molecule has 2 N–H and O–H groups in total. The fourth-order valence-corrected chi connectivity index (χ4v) is 5.29. The van der Waals surface area contributed by atoms with E-state index in [0.29, 0.717) is 27.2 Å². The number of azo groups is 1. The number of nitrogens with zero attached hydrogens (tertiary/aromatic N) is 2. The van der Waals surface area contributed by atoms with Crippen LogP contribution in [0, 0.1) is 0 Å². The SMILES string of the molecule is CCc1c(S(=O)(=O)O)ccc(N=Nc2c([O-])c(C(=O)Nc3cc(Cl)cc(OC)c3)cc3ccccc23)c1Cl.[Na+]. The van der Waals surface area contributed by atoms with Crippen LogP contribution in [0.3, 0.4) is 0 Å². The number of anilines is 1. The second-order valence-corrected chi connectivity index (χ2v) is 10.3. The van der Waals surface area contributed by atoms with Gasteiger partial charge in [0.2, 0.25) is 0 Å². The van der Waals surface area contributed by atoms with Crippen molar-refractivity contribution in [2.45, 2.75) is 18.2 Å². The molecule has 0 atom stereocenters. The number of methoxy groups -OCH3 is 1. The van der Waals surface area contributed by atoms with Crippen molar-refractivity contribution >= 4 is 67.1 Å². The zero-order valence-corrected chi connectivity index (χ0v) is 25.4. The van der Waals surface area contributed by atoms with Gasteiger partial charge in [-0.2, -0.15) is 13.5 Å². The predicted molar refractivity (Wildman–Crippen MR) is 144 cm³/mol. The Kier molecular flexibility index (Phi) is 10.0. The summed E-state index contributed by atoms with van der Waals surface area (Å²) in [6, 6.07) is 15.4. The van der Waals surface area contributed by atoms with Crippen LogP contribution >= 0.6 is 23.2 Å². The molecule has 196 valence electrons. The molecule has 0 aliphatic rings. The molecule has 9 nitrogen and oxygen atoms in total. The van der Waals surface area contributed by atoms with Crippen LogP contribution in [-0.2, 0) is 16.5 Å². The van der Waals surface area contributed by atoms with Crippen molar-refractivity contribution in [2.24, 2.45) is 10.2 Å². The molecule has 0 bridgehead atoms. The molecule has 39 heavy (non-hydrogen) atoms. The first-order chi connectivity index (χ1) is 18.0. The van der Waals surface area contributed by atoms with Crippen LogP contribution in [0.2, 0.25) is 10.0 Å². The van der Waals surface area contributed by atoms with E-state index in [9.17, 15) is 22.9 Å². The summed E-state index contributed by atoms with van der Waals surface area (Å²) in [5.41, 5.74) is 0.277. The average molecular weight is 596 g/mol. The number of halogens is 2. The topological polar surface area (TPSA) is 140 Å². The van der Waals surface area contributed by atoms with Crippen LogP contribution in [0.4, 0.5) is 17.1 Å². The van der Waals surface area contributed by atoms with E-state index in [1.54, 1.807) is 43.3 Å². The van der Waals surface area contributed by atoms with Gasteiger partial charge in [0.1, 0.15) is 11.4 Å². The molecule has 4 aromatic rings. The van der Waals surface area contributed by atoms with Crippen molar-refractivity contribution in [3.8, 4) is 11.5 Å². The van der Waals surface area contributed by atoms with Gasteiger partial charge >= 0.3 is 29.6 Å². The molecule has 13 heteroatoms. The number of carbonyl (C=O) groups is 1. The Morgan fingerprint density at radius 2 is 1.79 bits per heavy atom.